The molecule has 1 aliphatic heterocycles. The maximum atomic E-state index is 12.2. The molecule has 1 aliphatic rings. The lowest BCUT2D eigenvalue weighted by Crippen LogP contribution is -2.38. The van der Waals surface area contributed by atoms with E-state index < -0.39 is 0 Å². The largest absolute Gasteiger partial charge is 0.486 e. The highest BCUT2D eigenvalue weighted by atomic mass is 16.6. The van der Waals surface area contributed by atoms with Crippen LogP contribution in [0.3, 0.4) is 0 Å². The summed E-state index contributed by atoms with van der Waals surface area (Å²) in [4.78, 5) is 13.9. The van der Waals surface area contributed by atoms with E-state index >= 15 is 0 Å². The van der Waals surface area contributed by atoms with Gasteiger partial charge in [-0.25, -0.2) is 0 Å². The Morgan fingerprint density at radius 1 is 1.32 bits per heavy atom. The Labute approximate surface area is 113 Å². The molecule has 1 aromatic carbocycles. The molecule has 0 unspecified atom stereocenters. The molecule has 0 radical (unpaired) electrons. The molecule has 0 aliphatic carbocycles. The lowest BCUT2D eigenvalue weighted by Gasteiger charge is -2.26. The highest BCUT2D eigenvalue weighted by Gasteiger charge is 2.20. The van der Waals surface area contributed by atoms with Gasteiger partial charge in [-0.05, 0) is 12.1 Å². The van der Waals surface area contributed by atoms with Crippen LogP contribution < -0.4 is 20.1 Å². The Hall–Kier alpha value is -1.75. The van der Waals surface area contributed by atoms with Crippen LogP contribution in [-0.4, -0.2) is 32.2 Å². The highest BCUT2D eigenvalue weighted by Crippen LogP contribution is 2.34. The number of anilines is 1. The van der Waals surface area contributed by atoms with E-state index in [1.165, 1.54) is 0 Å². The molecule has 19 heavy (non-hydrogen) atoms. The maximum Gasteiger partial charge on any atom is 0.229 e. The SMILES string of the molecule is CC(C)C(=O)N(CCN)c1ccc2c(c1)OCCO2. The molecule has 2 N–H and O–H groups in total. The maximum absolute atomic E-state index is 12.2. The average molecular weight is 264 g/mol. The minimum atomic E-state index is -0.0697. The van der Waals surface area contributed by atoms with Crippen LogP contribution in [0.2, 0.25) is 0 Å². The van der Waals surface area contributed by atoms with E-state index in [1.54, 1.807) is 4.90 Å². The van der Waals surface area contributed by atoms with E-state index in [1.807, 2.05) is 32.0 Å². The highest BCUT2D eigenvalue weighted by molar-refractivity contribution is 5.95. The summed E-state index contributed by atoms with van der Waals surface area (Å²) in [5.41, 5.74) is 6.39. The molecule has 5 heteroatoms. The number of hydrogen-bond acceptors (Lipinski definition) is 4. The summed E-state index contributed by atoms with van der Waals surface area (Å²) < 4.78 is 11.0. The van der Waals surface area contributed by atoms with Crippen LogP contribution in [0.1, 0.15) is 13.8 Å². The van der Waals surface area contributed by atoms with Crippen molar-refractivity contribution in [3.05, 3.63) is 18.2 Å². The second-order valence-corrected chi connectivity index (χ2v) is 4.76. The number of fused-ring (bicyclic) bond motifs is 1. The number of nitrogens with zero attached hydrogens (tertiary/aromatic N) is 1. The van der Waals surface area contributed by atoms with Crippen molar-refractivity contribution in [2.45, 2.75) is 13.8 Å². The van der Waals surface area contributed by atoms with E-state index in [0.29, 0.717) is 32.1 Å². The van der Waals surface area contributed by atoms with Crippen molar-refractivity contribution < 1.29 is 14.3 Å². The van der Waals surface area contributed by atoms with Crippen molar-refractivity contribution in [1.82, 2.24) is 0 Å². The molecule has 0 bridgehead atoms. The fourth-order valence-corrected chi connectivity index (χ4v) is 2.01. The third-order valence-electron chi connectivity index (χ3n) is 2.95. The van der Waals surface area contributed by atoms with Gasteiger partial charge in [0.25, 0.3) is 0 Å². The first kappa shape index (κ1) is 13.7. The van der Waals surface area contributed by atoms with Gasteiger partial charge in [-0.3, -0.25) is 4.79 Å². The molecule has 1 amide bonds. The van der Waals surface area contributed by atoms with Crippen LogP contribution in [0.5, 0.6) is 11.5 Å². The number of benzene rings is 1. The first-order valence-electron chi connectivity index (χ1n) is 6.54. The van der Waals surface area contributed by atoms with Crippen LogP contribution in [0.25, 0.3) is 0 Å². The topological polar surface area (TPSA) is 64.8 Å². The zero-order chi connectivity index (χ0) is 13.8. The number of ether oxygens (including phenoxy) is 2. The standard InChI is InChI=1S/C14H20N2O3/c1-10(2)14(17)16(6-5-15)11-3-4-12-13(9-11)19-8-7-18-12/h3-4,9-10H,5-8,15H2,1-2H3. The second kappa shape index (κ2) is 5.93. The molecule has 0 saturated heterocycles. The van der Waals surface area contributed by atoms with E-state index in [4.69, 9.17) is 15.2 Å². The summed E-state index contributed by atoms with van der Waals surface area (Å²) in [7, 11) is 0. The van der Waals surface area contributed by atoms with Crippen LogP contribution in [-0.2, 0) is 4.79 Å². The fourth-order valence-electron chi connectivity index (χ4n) is 2.01. The molecule has 0 atom stereocenters. The third-order valence-corrected chi connectivity index (χ3v) is 2.95. The Morgan fingerprint density at radius 2 is 2.00 bits per heavy atom. The predicted octanol–water partition coefficient (Wildman–Crippen LogP) is 1.41. The van der Waals surface area contributed by atoms with Crippen LogP contribution >= 0.6 is 0 Å². The molecule has 104 valence electrons. The van der Waals surface area contributed by atoms with Gasteiger partial charge < -0.3 is 20.1 Å². The Bertz CT molecular complexity index is 460. The zero-order valence-corrected chi connectivity index (χ0v) is 11.4. The zero-order valence-electron chi connectivity index (χ0n) is 11.4. The van der Waals surface area contributed by atoms with Crippen LogP contribution in [0.4, 0.5) is 5.69 Å². The van der Waals surface area contributed by atoms with Crippen LogP contribution in [0.15, 0.2) is 18.2 Å². The van der Waals surface area contributed by atoms with Crippen molar-refractivity contribution in [3.8, 4) is 11.5 Å². The van der Waals surface area contributed by atoms with Gasteiger partial charge in [0.05, 0.1) is 0 Å². The van der Waals surface area contributed by atoms with Crippen molar-refractivity contribution >= 4 is 11.6 Å². The Balaban J connectivity index is 2.28. The quantitative estimate of drug-likeness (QED) is 0.893. The Kier molecular flexibility index (Phi) is 4.27. The number of hydrogen-bond donors (Lipinski definition) is 1. The number of amides is 1. The summed E-state index contributed by atoms with van der Waals surface area (Å²) in [5, 5.41) is 0. The average Bonchev–Trinajstić information content (AvgIpc) is 2.43. The fraction of sp³-hybridized carbons (Fsp3) is 0.500. The van der Waals surface area contributed by atoms with Gasteiger partial charge >= 0.3 is 0 Å². The minimum Gasteiger partial charge on any atom is -0.486 e. The predicted molar refractivity (Wildman–Crippen MR) is 73.7 cm³/mol. The molecule has 0 aromatic heterocycles. The number of nitrogens with two attached hydrogens (primary N) is 1. The smallest absolute Gasteiger partial charge is 0.229 e. The van der Waals surface area contributed by atoms with Gasteiger partial charge in [-0.15, -0.1) is 0 Å². The molecule has 1 aromatic rings. The minimum absolute atomic E-state index is 0.0575. The van der Waals surface area contributed by atoms with Gasteiger partial charge in [0.15, 0.2) is 11.5 Å². The molecule has 0 saturated carbocycles. The van der Waals surface area contributed by atoms with Crippen molar-refractivity contribution in [3.63, 3.8) is 0 Å². The van der Waals surface area contributed by atoms with Crippen molar-refractivity contribution in [2.24, 2.45) is 11.7 Å². The van der Waals surface area contributed by atoms with Gasteiger partial charge in [0, 0.05) is 30.8 Å². The van der Waals surface area contributed by atoms with Gasteiger partial charge in [-0.1, -0.05) is 13.8 Å². The van der Waals surface area contributed by atoms with Crippen molar-refractivity contribution in [1.29, 1.82) is 0 Å². The second-order valence-electron chi connectivity index (χ2n) is 4.76. The van der Waals surface area contributed by atoms with E-state index in [0.717, 1.165) is 11.4 Å². The number of rotatable bonds is 4. The van der Waals surface area contributed by atoms with Gasteiger partial charge in [0.2, 0.25) is 5.91 Å². The first-order valence-corrected chi connectivity index (χ1v) is 6.54. The van der Waals surface area contributed by atoms with E-state index in [-0.39, 0.29) is 11.8 Å². The van der Waals surface area contributed by atoms with E-state index in [2.05, 4.69) is 0 Å². The summed E-state index contributed by atoms with van der Waals surface area (Å²) in [6.07, 6.45) is 0. The lowest BCUT2D eigenvalue weighted by atomic mass is 10.1. The third kappa shape index (κ3) is 2.98. The van der Waals surface area contributed by atoms with E-state index in [9.17, 15) is 4.79 Å². The molecule has 2 rings (SSSR count). The normalized spacial score (nSPS) is 13.5. The summed E-state index contributed by atoms with van der Waals surface area (Å²) >= 11 is 0. The molecule has 0 spiro atoms. The van der Waals surface area contributed by atoms with Crippen molar-refractivity contribution in [2.75, 3.05) is 31.2 Å². The molecule has 0 fully saturated rings. The monoisotopic (exact) mass is 264 g/mol. The summed E-state index contributed by atoms with van der Waals surface area (Å²) in [6, 6.07) is 5.54. The summed E-state index contributed by atoms with van der Waals surface area (Å²) in [6.45, 7) is 5.77. The summed E-state index contributed by atoms with van der Waals surface area (Å²) in [5.74, 6) is 1.39. The number of carbonyl (C=O) groups is 1. The molecular formula is C14H20N2O3. The molecular weight excluding hydrogens is 244 g/mol. The van der Waals surface area contributed by atoms with Crippen LogP contribution in [0, 0.1) is 5.92 Å². The first-order chi connectivity index (χ1) is 9.13. The van der Waals surface area contributed by atoms with Gasteiger partial charge in [0.1, 0.15) is 13.2 Å². The Morgan fingerprint density at radius 3 is 2.63 bits per heavy atom. The van der Waals surface area contributed by atoms with Gasteiger partial charge in [-0.2, -0.15) is 0 Å². The molecule has 1 heterocycles. The lowest BCUT2D eigenvalue weighted by molar-refractivity contribution is -0.121. The molecule has 5 nitrogen and oxygen atoms in total. The number of carbonyl (C=O) groups excluding carboxylic acids is 1.